The highest BCUT2D eigenvalue weighted by Crippen LogP contribution is 2.19. The molecule has 0 aromatic carbocycles. The van der Waals surface area contributed by atoms with E-state index < -0.39 is 0 Å². The molecule has 0 saturated heterocycles. The van der Waals surface area contributed by atoms with Gasteiger partial charge in [-0.2, -0.15) is 0 Å². The average Bonchev–Trinajstić information content (AvgIpc) is 2.83. The van der Waals surface area contributed by atoms with Gasteiger partial charge in [0.25, 0.3) is 0 Å². The van der Waals surface area contributed by atoms with Crippen LogP contribution in [0.3, 0.4) is 0 Å². The molecule has 2 nitrogen and oxygen atoms in total. The van der Waals surface area contributed by atoms with Crippen molar-refractivity contribution in [3.8, 4) is 0 Å². The fourth-order valence-electron chi connectivity index (χ4n) is 2.67. The van der Waals surface area contributed by atoms with Gasteiger partial charge in [0, 0.05) is 12.1 Å². The molecule has 2 unspecified atom stereocenters. The van der Waals surface area contributed by atoms with Crippen LogP contribution < -0.4 is 10.6 Å². The maximum atomic E-state index is 3.71. The predicted octanol–water partition coefficient (Wildman–Crippen LogP) is 3.96. The summed E-state index contributed by atoms with van der Waals surface area (Å²) < 4.78 is 0. The van der Waals surface area contributed by atoms with E-state index in [0.717, 1.165) is 18.5 Å². The SMILES string of the molecule is CC(CCCNC1CCCC1)CNC(C)C(C)(C)C. The number of rotatable bonds is 8. The van der Waals surface area contributed by atoms with Gasteiger partial charge in [0.15, 0.2) is 0 Å². The van der Waals surface area contributed by atoms with E-state index in [-0.39, 0.29) is 0 Å². The summed E-state index contributed by atoms with van der Waals surface area (Å²) >= 11 is 0. The monoisotopic (exact) mass is 268 g/mol. The van der Waals surface area contributed by atoms with E-state index in [9.17, 15) is 0 Å². The lowest BCUT2D eigenvalue weighted by Gasteiger charge is -2.29. The highest BCUT2D eigenvalue weighted by molar-refractivity contribution is 4.77. The lowest BCUT2D eigenvalue weighted by Crippen LogP contribution is -2.39. The van der Waals surface area contributed by atoms with Gasteiger partial charge in [0.1, 0.15) is 0 Å². The fourth-order valence-corrected chi connectivity index (χ4v) is 2.67. The highest BCUT2D eigenvalue weighted by atomic mass is 14.9. The first kappa shape index (κ1) is 17.0. The second-order valence-electron chi connectivity index (χ2n) is 7.68. The molecular formula is C17H36N2. The molecule has 1 aliphatic carbocycles. The van der Waals surface area contributed by atoms with Gasteiger partial charge in [0.05, 0.1) is 0 Å². The van der Waals surface area contributed by atoms with Crippen LogP contribution in [0.4, 0.5) is 0 Å². The lowest BCUT2D eigenvalue weighted by molar-refractivity contribution is 0.272. The summed E-state index contributed by atoms with van der Waals surface area (Å²) in [7, 11) is 0. The van der Waals surface area contributed by atoms with Crippen molar-refractivity contribution in [1.29, 1.82) is 0 Å². The maximum Gasteiger partial charge on any atom is 0.00873 e. The largest absolute Gasteiger partial charge is 0.314 e. The van der Waals surface area contributed by atoms with Gasteiger partial charge >= 0.3 is 0 Å². The zero-order valence-electron chi connectivity index (χ0n) is 13.9. The fraction of sp³-hybridized carbons (Fsp3) is 1.00. The van der Waals surface area contributed by atoms with Crippen molar-refractivity contribution in [3.05, 3.63) is 0 Å². The molecule has 0 aromatic heterocycles. The maximum absolute atomic E-state index is 3.71. The van der Waals surface area contributed by atoms with Crippen molar-refractivity contribution in [2.75, 3.05) is 13.1 Å². The summed E-state index contributed by atoms with van der Waals surface area (Å²) in [6.07, 6.45) is 8.33. The Bertz CT molecular complexity index is 226. The predicted molar refractivity (Wildman–Crippen MR) is 85.6 cm³/mol. The van der Waals surface area contributed by atoms with Crippen LogP contribution in [0.25, 0.3) is 0 Å². The second-order valence-corrected chi connectivity index (χ2v) is 7.68. The summed E-state index contributed by atoms with van der Waals surface area (Å²) in [6.45, 7) is 14.0. The molecule has 0 heterocycles. The molecule has 1 aliphatic rings. The molecule has 1 fully saturated rings. The minimum Gasteiger partial charge on any atom is -0.314 e. The summed E-state index contributed by atoms with van der Waals surface area (Å²) in [5, 5.41) is 7.39. The zero-order chi connectivity index (χ0) is 14.3. The second kappa shape index (κ2) is 8.26. The van der Waals surface area contributed by atoms with Crippen molar-refractivity contribution in [2.24, 2.45) is 11.3 Å². The van der Waals surface area contributed by atoms with Crippen molar-refractivity contribution in [1.82, 2.24) is 10.6 Å². The molecule has 0 amide bonds. The molecule has 0 aromatic rings. The standard InChI is InChI=1S/C17H36N2/c1-14(13-19-15(2)17(3,4)5)9-8-12-18-16-10-6-7-11-16/h14-16,18-19H,6-13H2,1-5H3. The van der Waals surface area contributed by atoms with Gasteiger partial charge in [-0.05, 0) is 57.0 Å². The summed E-state index contributed by atoms with van der Waals surface area (Å²) in [5.74, 6) is 0.787. The first-order chi connectivity index (χ1) is 8.89. The quantitative estimate of drug-likeness (QED) is 0.651. The first-order valence-electron chi connectivity index (χ1n) is 8.36. The molecule has 2 atom stereocenters. The Morgan fingerprint density at radius 1 is 1.11 bits per heavy atom. The van der Waals surface area contributed by atoms with Crippen molar-refractivity contribution in [3.63, 3.8) is 0 Å². The molecule has 0 spiro atoms. The Labute approximate surface area is 121 Å². The molecule has 1 rings (SSSR count). The highest BCUT2D eigenvalue weighted by Gasteiger charge is 2.19. The summed E-state index contributed by atoms with van der Waals surface area (Å²) in [4.78, 5) is 0. The molecule has 2 heteroatoms. The minimum absolute atomic E-state index is 0.365. The van der Waals surface area contributed by atoms with Crippen LogP contribution in [0.15, 0.2) is 0 Å². The van der Waals surface area contributed by atoms with Gasteiger partial charge in [-0.3, -0.25) is 0 Å². The smallest absolute Gasteiger partial charge is 0.00873 e. The van der Waals surface area contributed by atoms with Gasteiger partial charge in [-0.25, -0.2) is 0 Å². The van der Waals surface area contributed by atoms with Gasteiger partial charge in [0.2, 0.25) is 0 Å². The third-order valence-electron chi connectivity index (χ3n) is 4.73. The van der Waals surface area contributed by atoms with E-state index in [1.165, 1.54) is 45.1 Å². The van der Waals surface area contributed by atoms with Gasteiger partial charge in [-0.15, -0.1) is 0 Å². The third kappa shape index (κ3) is 7.31. The lowest BCUT2D eigenvalue weighted by atomic mass is 9.87. The molecular weight excluding hydrogens is 232 g/mol. The van der Waals surface area contributed by atoms with Gasteiger partial charge < -0.3 is 10.6 Å². The summed E-state index contributed by atoms with van der Waals surface area (Å²) in [5.41, 5.74) is 0.365. The van der Waals surface area contributed by atoms with E-state index in [4.69, 9.17) is 0 Å². The van der Waals surface area contributed by atoms with E-state index in [2.05, 4.69) is 45.3 Å². The van der Waals surface area contributed by atoms with Crippen LogP contribution in [0, 0.1) is 11.3 Å². The molecule has 0 radical (unpaired) electrons. The van der Waals surface area contributed by atoms with Crippen molar-refractivity contribution in [2.45, 2.75) is 85.2 Å². The minimum atomic E-state index is 0.365. The number of hydrogen-bond donors (Lipinski definition) is 2. The Kier molecular flexibility index (Phi) is 7.38. The normalized spacial score (nSPS) is 20.7. The Hall–Kier alpha value is -0.0800. The van der Waals surface area contributed by atoms with E-state index >= 15 is 0 Å². The van der Waals surface area contributed by atoms with Crippen LogP contribution in [0.1, 0.15) is 73.1 Å². The Balaban J connectivity index is 1.99. The molecule has 0 bridgehead atoms. The van der Waals surface area contributed by atoms with E-state index in [1.54, 1.807) is 0 Å². The number of hydrogen-bond acceptors (Lipinski definition) is 2. The molecule has 114 valence electrons. The molecule has 0 aliphatic heterocycles. The van der Waals surface area contributed by atoms with E-state index in [0.29, 0.717) is 11.5 Å². The average molecular weight is 268 g/mol. The molecule has 1 saturated carbocycles. The van der Waals surface area contributed by atoms with Crippen LogP contribution in [-0.2, 0) is 0 Å². The number of nitrogens with one attached hydrogen (secondary N) is 2. The first-order valence-corrected chi connectivity index (χ1v) is 8.36. The van der Waals surface area contributed by atoms with Crippen LogP contribution >= 0.6 is 0 Å². The summed E-state index contributed by atoms with van der Waals surface area (Å²) in [6, 6.07) is 1.42. The van der Waals surface area contributed by atoms with Crippen LogP contribution in [0.2, 0.25) is 0 Å². The Morgan fingerprint density at radius 2 is 1.74 bits per heavy atom. The zero-order valence-corrected chi connectivity index (χ0v) is 13.9. The van der Waals surface area contributed by atoms with E-state index in [1.807, 2.05) is 0 Å². The van der Waals surface area contributed by atoms with Crippen LogP contribution in [0.5, 0.6) is 0 Å². The van der Waals surface area contributed by atoms with Crippen LogP contribution in [-0.4, -0.2) is 25.2 Å². The molecule has 2 N–H and O–H groups in total. The molecule has 19 heavy (non-hydrogen) atoms. The van der Waals surface area contributed by atoms with Crippen molar-refractivity contribution < 1.29 is 0 Å². The van der Waals surface area contributed by atoms with Crippen molar-refractivity contribution >= 4 is 0 Å². The third-order valence-corrected chi connectivity index (χ3v) is 4.73. The topological polar surface area (TPSA) is 24.1 Å². The Morgan fingerprint density at radius 3 is 2.32 bits per heavy atom. The van der Waals surface area contributed by atoms with Gasteiger partial charge in [-0.1, -0.05) is 40.5 Å².